The zero-order valence-electron chi connectivity index (χ0n) is 18.1. The van der Waals surface area contributed by atoms with Crippen molar-refractivity contribution in [3.05, 3.63) is 59.8 Å². The highest BCUT2D eigenvalue weighted by atomic mass is 16.6. The van der Waals surface area contributed by atoms with Crippen LogP contribution in [0.3, 0.4) is 0 Å². The minimum Gasteiger partial charge on any atom is -0.481 e. The van der Waals surface area contributed by atoms with Gasteiger partial charge in [-0.25, -0.2) is 9.78 Å². The van der Waals surface area contributed by atoms with Gasteiger partial charge in [-0.2, -0.15) is 0 Å². The molecule has 0 aliphatic rings. The standard InChI is InChI=1S/C23H31N3O4/c1-22(2,3)30-21(29)26(4)19-11-10-18(16-25-19)12-13-23(24,15-20(27)28)14-17-8-6-5-7-9-17/h5-11,16H,12-15,24H2,1-4H3,(H,27,28). The number of benzene rings is 1. The highest BCUT2D eigenvalue weighted by Crippen LogP contribution is 2.22. The van der Waals surface area contributed by atoms with Crippen molar-refractivity contribution in [1.82, 2.24) is 4.98 Å². The SMILES string of the molecule is CN(C(=O)OC(C)(C)C)c1ccc(CCC(N)(CC(=O)O)Cc2ccccc2)cn1. The van der Waals surface area contributed by atoms with Gasteiger partial charge in [0.2, 0.25) is 0 Å². The predicted molar refractivity (Wildman–Crippen MR) is 117 cm³/mol. The number of nitrogens with two attached hydrogens (primary N) is 1. The van der Waals surface area contributed by atoms with Crippen LogP contribution in [-0.4, -0.2) is 40.3 Å². The molecule has 0 bridgehead atoms. The molecule has 0 aliphatic carbocycles. The molecule has 0 fully saturated rings. The number of nitrogens with zero attached hydrogens (tertiary/aromatic N) is 2. The Morgan fingerprint density at radius 1 is 1.10 bits per heavy atom. The second-order valence-electron chi connectivity index (χ2n) is 8.66. The Morgan fingerprint density at radius 2 is 1.77 bits per heavy atom. The molecule has 2 rings (SSSR count). The highest BCUT2D eigenvalue weighted by molar-refractivity contribution is 5.85. The first-order valence-electron chi connectivity index (χ1n) is 9.94. The van der Waals surface area contributed by atoms with Crippen molar-refractivity contribution in [2.75, 3.05) is 11.9 Å². The number of carboxylic acid groups (broad SMARTS) is 1. The van der Waals surface area contributed by atoms with E-state index in [4.69, 9.17) is 10.5 Å². The maximum absolute atomic E-state index is 12.2. The van der Waals surface area contributed by atoms with E-state index in [0.717, 1.165) is 11.1 Å². The zero-order valence-corrected chi connectivity index (χ0v) is 18.1. The third kappa shape index (κ3) is 7.48. The Morgan fingerprint density at radius 3 is 2.30 bits per heavy atom. The topological polar surface area (TPSA) is 106 Å². The van der Waals surface area contributed by atoms with Gasteiger partial charge in [0.05, 0.1) is 6.42 Å². The van der Waals surface area contributed by atoms with Gasteiger partial charge < -0.3 is 15.6 Å². The average molecular weight is 414 g/mol. The lowest BCUT2D eigenvalue weighted by Gasteiger charge is -2.28. The number of anilines is 1. The summed E-state index contributed by atoms with van der Waals surface area (Å²) in [5.41, 5.74) is 6.97. The number of aryl methyl sites for hydroxylation is 1. The van der Waals surface area contributed by atoms with Gasteiger partial charge in [-0.05, 0) is 57.2 Å². The summed E-state index contributed by atoms with van der Waals surface area (Å²) in [4.78, 5) is 29.2. The smallest absolute Gasteiger partial charge is 0.415 e. The van der Waals surface area contributed by atoms with Crippen molar-refractivity contribution in [1.29, 1.82) is 0 Å². The molecule has 7 heteroatoms. The molecule has 1 amide bonds. The van der Waals surface area contributed by atoms with E-state index in [-0.39, 0.29) is 6.42 Å². The summed E-state index contributed by atoms with van der Waals surface area (Å²) in [6.07, 6.45) is 2.65. The molecule has 1 heterocycles. The van der Waals surface area contributed by atoms with Gasteiger partial charge in [0.1, 0.15) is 11.4 Å². The molecule has 0 aliphatic heterocycles. The molecule has 7 nitrogen and oxygen atoms in total. The fourth-order valence-electron chi connectivity index (χ4n) is 3.12. The predicted octanol–water partition coefficient (Wildman–Crippen LogP) is 3.80. The van der Waals surface area contributed by atoms with Crippen molar-refractivity contribution < 1.29 is 19.4 Å². The summed E-state index contributed by atoms with van der Waals surface area (Å²) in [5.74, 6) is -0.442. The van der Waals surface area contributed by atoms with E-state index in [1.165, 1.54) is 4.90 Å². The minimum absolute atomic E-state index is 0.116. The number of pyridine rings is 1. The van der Waals surface area contributed by atoms with Gasteiger partial charge in [-0.1, -0.05) is 36.4 Å². The molecular formula is C23H31N3O4. The lowest BCUT2D eigenvalue weighted by Crippen LogP contribution is -2.44. The number of rotatable bonds is 8. The monoisotopic (exact) mass is 413 g/mol. The molecule has 0 radical (unpaired) electrons. The van der Waals surface area contributed by atoms with Gasteiger partial charge >= 0.3 is 12.1 Å². The van der Waals surface area contributed by atoms with Crippen LogP contribution in [0.4, 0.5) is 10.6 Å². The maximum atomic E-state index is 12.2. The summed E-state index contributed by atoms with van der Waals surface area (Å²) in [7, 11) is 1.60. The number of ether oxygens (including phenoxy) is 1. The van der Waals surface area contributed by atoms with Crippen LogP contribution in [0.15, 0.2) is 48.7 Å². The molecule has 1 aromatic carbocycles. The van der Waals surface area contributed by atoms with Crippen molar-refractivity contribution in [2.45, 2.75) is 57.6 Å². The normalized spacial score (nSPS) is 13.4. The Bertz CT molecular complexity index is 847. The van der Waals surface area contributed by atoms with Crippen LogP contribution in [0, 0.1) is 0 Å². The van der Waals surface area contributed by atoms with E-state index in [1.54, 1.807) is 40.1 Å². The summed E-state index contributed by atoms with van der Waals surface area (Å²) in [6.45, 7) is 5.42. The van der Waals surface area contributed by atoms with Crippen LogP contribution in [0.2, 0.25) is 0 Å². The fourth-order valence-corrected chi connectivity index (χ4v) is 3.12. The summed E-state index contributed by atoms with van der Waals surface area (Å²) in [6, 6.07) is 13.3. The molecule has 30 heavy (non-hydrogen) atoms. The fraction of sp³-hybridized carbons (Fsp3) is 0.435. The van der Waals surface area contributed by atoms with Crippen LogP contribution < -0.4 is 10.6 Å². The van der Waals surface area contributed by atoms with Crippen LogP contribution in [-0.2, 0) is 22.4 Å². The van der Waals surface area contributed by atoms with Gasteiger partial charge in [-0.15, -0.1) is 0 Å². The number of aliphatic carboxylic acids is 1. The van der Waals surface area contributed by atoms with Gasteiger partial charge in [0.25, 0.3) is 0 Å². The molecule has 3 N–H and O–H groups in total. The van der Waals surface area contributed by atoms with Crippen molar-refractivity contribution in [3.63, 3.8) is 0 Å². The van der Waals surface area contributed by atoms with Crippen molar-refractivity contribution >= 4 is 17.9 Å². The quantitative estimate of drug-likeness (QED) is 0.682. The largest absolute Gasteiger partial charge is 0.481 e. The van der Waals surface area contributed by atoms with E-state index in [2.05, 4.69) is 4.98 Å². The second-order valence-corrected chi connectivity index (χ2v) is 8.66. The van der Waals surface area contributed by atoms with Gasteiger partial charge in [-0.3, -0.25) is 9.69 Å². The van der Waals surface area contributed by atoms with E-state index in [0.29, 0.717) is 25.1 Å². The van der Waals surface area contributed by atoms with E-state index in [9.17, 15) is 14.7 Å². The Kier molecular flexibility index (Phi) is 7.56. The first-order valence-corrected chi connectivity index (χ1v) is 9.94. The van der Waals surface area contributed by atoms with Gasteiger partial charge in [0, 0.05) is 18.8 Å². The first kappa shape index (κ1) is 23.3. The molecule has 1 unspecified atom stereocenters. The molecule has 1 aromatic heterocycles. The van der Waals surface area contributed by atoms with Crippen LogP contribution in [0.1, 0.15) is 44.7 Å². The number of hydrogen-bond acceptors (Lipinski definition) is 5. The van der Waals surface area contributed by atoms with E-state index in [1.807, 2.05) is 36.4 Å². The summed E-state index contributed by atoms with van der Waals surface area (Å²) < 4.78 is 5.34. The Hall–Kier alpha value is -2.93. The molecule has 2 aromatic rings. The average Bonchev–Trinajstić information content (AvgIpc) is 2.65. The Labute approximate surface area is 177 Å². The molecule has 162 valence electrons. The molecule has 0 saturated carbocycles. The lowest BCUT2D eigenvalue weighted by molar-refractivity contribution is -0.138. The van der Waals surface area contributed by atoms with Crippen molar-refractivity contribution in [3.8, 4) is 0 Å². The number of carboxylic acids is 1. The zero-order chi connectivity index (χ0) is 22.4. The minimum atomic E-state index is -0.916. The second kappa shape index (κ2) is 9.71. The highest BCUT2D eigenvalue weighted by Gasteiger charge is 2.28. The summed E-state index contributed by atoms with van der Waals surface area (Å²) in [5, 5.41) is 9.31. The van der Waals surface area contributed by atoms with Gasteiger partial charge in [0.15, 0.2) is 0 Å². The molecule has 0 saturated heterocycles. The third-order valence-electron chi connectivity index (χ3n) is 4.63. The number of amides is 1. The molecule has 1 atom stereocenters. The van der Waals surface area contributed by atoms with E-state index >= 15 is 0 Å². The number of carbonyl (C=O) groups excluding carboxylic acids is 1. The lowest BCUT2D eigenvalue weighted by atomic mass is 9.83. The third-order valence-corrected chi connectivity index (χ3v) is 4.63. The first-order chi connectivity index (χ1) is 14.0. The van der Waals surface area contributed by atoms with Crippen molar-refractivity contribution in [2.24, 2.45) is 5.73 Å². The molecular weight excluding hydrogens is 382 g/mol. The van der Waals surface area contributed by atoms with E-state index < -0.39 is 23.2 Å². The van der Waals surface area contributed by atoms with Crippen LogP contribution >= 0.6 is 0 Å². The molecule has 0 spiro atoms. The maximum Gasteiger partial charge on any atom is 0.415 e. The number of hydrogen-bond donors (Lipinski definition) is 2. The van der Waals surface area contributed by atoms with Crippen LogP contribution in [0.25, 0.3) is 0 Å². The number of aromatic nitrogens is 1. The van der Waals surface area contributed by atoms with Crippen LogP contribution in [0.5, 0.6) is 0 Å². The Balaban J connectivity index is 2.03. The summed E-state index contributed by atoms with van der Waals surface area (Å²) >= 11 is 0. The number of carbonyl (C=O) groups is 2.